The molecule has 8 nitrogen and oxygen atoms in total. The number of nitrogens with one attached hydrogen (secondary N) is 1. The number of aromatic nitrogens is 3. The fourth-order valence-corrected chi connectivity index (χ4v) is 4.81. The highest BCUT2D eigenvalue weighted by molar-refractivity contribution is 7.92. The molecule has 3 aromatic rings. The Bertz CT molecular complexity index is 1270. The number of aryl methyl sites for hydroxylation is 3. The zero-order valence-electron chi connectivity index (χ0n) is 18.2. The van der Waals surface area contributed by atoms with Crippen LogP contribution in [0.4, 0.5) is 5.69 Å². The van der Waals surface area contributed by atoms with Gasteiger partial charge in [0.05, 0.1) is 29.2 Å². The normalized spacial score (nSPS) is 17.2. The number of carbonyl (C=O) groups is 1. The quantitative estimate of drug-likeness (QED) is 0.669. The van der Waals surface area contributed by atoms with E-state index in [4.69, 9.17) is 5.10 Å². The van der Waals surface area contributed by atoms with Gasteiger partial charge < -0.3 is 4.90 Å². The number of carbonyl (C=O) groups excluding carboxylic acids is 1. The van der Waals surface area contributed by atoms with Crippen LogP contribution in [-0.4, -0.2) is 46.6 Å². The van der Waals surface area contributed by atoms with Crippen LogP contribution >= 0.6 is 0 Å². The lowest BCUT2D eigenvalue weighted by atomic mass is 9.97. The van der Waals surface area contributed by atoms with E-state index in [-0.39, 0.29) is 11.9 Å². The van der Waals surface area contributed by atoms with Crippen molar-refractivity contribution >= 4 is 27.3 Å². The molecule has 31 heavy (non-hydrogen) atoms. The Balaban J connectivity index is 1.74. The summed E-state index contributed by atoms with van der Waals surface area (Å²) in [6.45, 7) is 6.41. The maximum absolute atomic E-state index is 13.6. The molecule has 0 aliphatic carbocycles. The molecule has 164 valence electrons. The van der Waals surface area contributed by atoms with Gasteiger partial charge in [-0.15, -0.1) is 0 Å². The summed E-state index contributed by atoms with van der Waals surface area (Å²) in [5, 5.41) is 4.75. The van der Waals surface area contributed by atoms with Gasteiger partial charge in [-0.05, 0) is 58.2 Å². The second-order valence-corrected chi connectivity index (χ2v) is 10.1. The van der Waals surface area contributed by atoms with Crippen molar-refractivity contribution in [3.05, 3.63) is 58.5 Å². The first-order valence-electron chi connectivity index (χ1n) is 10.4. The SMILES string of the molecule is Cc1ccc(NS(C)(=O)=O)c(C(=O)N2CCCC[C@@H]2c2cc3nc(C)cc(C)n3n2)c1. The first kappa shape index (κ1) is 21.3. The minimum Gasteiger partial charge on any atom is -0.330 e. The van der Waals surface area contributed by atoms with E-state index in [9.17, 15) is 13.2 Å². The molecule has 1 atom stereocenters. The Morgan fingerprint density at radius 3 is 2.65 bits per heavy atom. The van der Waals surface area contributed by atoms with Gasteiger partial charge in [0.1, 0.15) is 0 Å². The molecule has 1 aliphatic rings. The average Bonchev–Trinajstić information content (AvgIpc) is 3.12. The molecule has 2 aromatic heterocycles. The van der Waals surface area contributed by atoms with E-state index in [1.807, 2.05) is 42.3 Å². The Morgan fingerprint density at radius 1 is 1.13 bits per heavy atom. The van der Waals surface area contributed by atoms with Gasteiger partial charge in [0.15, 0.2) is 5.65 Å². The highest BCUT2D eigenvalue weighted by atomic mass is 32.2. The van der Waals surface area contributed by atoms with E-state index in [1.54, 1.807) is 18.2 Å². The monoisotopic (exact) mass is 441 g/mol. The minimum atomic E-state index is -3.51. The van der Waals surface area contributed by atoms with Crippen LogP contribution in [0.15, 0.2) is 30.3 Å². The Morgan fingerprint density at radius 2 is 1.90 bits per heavy atom. The van der Waals surface area contributed by atoms with Crippen LogP contribution in [0.25, 0.3) is 5.65 Å². The first-order chi connectivity index (χ1) is 14.6. The highest BCUT2D eigenvalue weighted by Gasteiger charge is 2.32. The third kappa shape index (κ3) is 4.41. The molecular formula is C22H27N5O3S. The Hall–Kier alpha value is -2.94. The molecule has 0 saturated carbocycles. The number of anilines is 1. The minimum absolute atomic E-state index is 0.186. The van der Waals surface area contributed by atoms with Gasteiger partial charge in [0.25, 0.3) is 5.91 Å². The summed E-state index contributed by atoms with van der Waals surface area (Å²) in [7, 11) is -3.51. The third-order valence-electron chi connectivity index (χ3n) is 5.56. The van der Waals surface area contributed by atoms with Gasteiger partial charge in [0.2, 0.25) is 10.0 Å². The van der Waals surface area contributed by atoms with Gasteiger partial charge in [0, 0.05) is 24.0 Å². The largest absolute Gasteiger partial charge is 0.330 e. The van der Waals surface area contributed by atoms with Crippen LogP contribution in [0, 0.1) is 20.8 Å². The van der Waals surface area contributed by atoms with Crippen LogP contribution in [0.5, 0.6) is 0 Å². The number of amides is 1. The summed E-state index contributed by atoms with van der Waals surface area (Å²) in [4.78, 5) is 20.0. The van der Waals surface area contributed by atoms with Crippen molar-refractivity contribution in [2.75, 3.05) is 17.5 Å². The second kappa shape index (κ2) is 7.96. The van der Waals surface area contributed by atoms with E-state index < -0.39 is 10.0 Å². The van der Waals surface area contributed by atoms with E-state index in [0.29, 0.717) is 17.8 Å². The van der Waals surface area contributed by atoms with Crippen molar-refractivity contribution < 1.29 is 13.2 Å². The third-order valence-corrected chi connectivity index (χ3v) is 6.15. The Labute approximate surface area is 182 Å². The number of benzene rings is 1. The first-order valence-corrected chi connectivity index (χ1v) is 12.2. The second-order valence-electron chi connectivity index (χ2n) is 8.31. The molecule has 0 unspecified atom stereocenters. The van der Waals surface area contributed by atoms with E-state index in [1.165, 1.54) is 0 Å². The predicted octanol–water partition coefficient (Wildman–Crippen LogP) is 3.39. The maximum Gasteiger partial charge on any atom is 0.256 e. The van der Waals surface area contributed by atoms with Crippen molar-refractivity contribution in [1.82, 2.24) is 19.5 Å². The lowest BCUT2D eigenvalue weighted by Gasteiger charge is -2.35. The van der Waals surface area contributed by atoms with Crippen molar-refractivity contribution in [3.8, 4) is 0 Å². The molecule has 3 heterocycles. The van der Waals surface area contributed by atoms with Crippen molar-refractivity contribution in [2.45, 2.75) is 46.1 Å². The van der Waals surface area contributed by atoms with Gasteiger partial charge in [-0.2, -0.15) is 5.10 Å². The fraction of sp³-hybridized carbons (Fsp3) is 0.409. The number of hydrogen-bond acceptors (Lipinski definition) is 5. The van der Waals surface area contributed by atoms with Crippen molar-refractivity contribution in [1.29, 1.82) is 0 Å². The molecule has 0 radical (unpaired) electrons. The maximum atomic E-state index is 13.6. The van der Waals surface area contributed by atoms with Gasteiger partial charge in [-0.25, -0.2) is 17.9 Å². The molecule has 1 N–H and O–H groups in total. The molecule has 1 amide bonds. The molecule has 0 bridgehead atoms. The fourth-order valence-electron chi connectivity index (χ4n) is 4.23. The van der Waals surface area contributed by atoms with Crippen LogP contribution < -0.4 is 4.72 Å². The molecule has 1 fully saturated rings. The molecule has 1 saturated heterocycles. The van der Waals surface area contributed by atoms with Gasteiger partial charge in [-0.3, -0.25) is 9.52 Å². The van der Waals surface area contributed by atoms with Crippen LogP contribution in [0.1, 0.15) is 58.3 Å². The molecule has 1 aromatic carbocycles. The lowest BCUT2D eigenvalue weighted by molar-refractivity contribution is 0.0606. The number of rotatable bonds is 4. The highest BCUT2D eigenvalue weighted by Crippen LogP contribution is 2.33. The summed E-state index contributed by atoms with van der Waals surface area (Å²) < 4.78 is 27.9. The number of hydrogen-bond donors (Lipinski definition) is 1. The van der Waals surface area contributed by atoms with Crippen molar-refractivity contribution in [3.63, 3.8) is 0 Å². The van der Waals surface area contributed by atoms with Crippen LogP contribution in [0.3, 0.4) is 0 Å². The summed E-state index contributed by atoms with van der Waals surface area (Å²) in [6.07, 6.45) is 3.77. The molecule has 4 rings (SSSR count). The number of fused-ring (bicyclic) bond motifs is 1. The van der Waals surface area contributed by atoms with Crippen molar-refractivity contribution in [2.24, 2.45) is 0 Å². The summed E-state index contributed by atoms with van der Waals surface area (Å²) in [5.74, 6) is -0.197. The number of likely N-dealkylation sites (tertiary alicyclic amines) is 1. The molecule has 9 heteroatoms. The van der Waals surface area contributed by atoms with Crippen LogP contribution in [-0.2, 0) is 10.0 Å². The summed E-state index contributed by atoms with van der Waals surface area (Å²) in [5.41, 5.74) is 5.01. The molecule has 1 aliphatic heterocycles. The summed E-state index contributed by atoms with van der Waals surface area (Å²) >= 11 is 0. The lowest BCUT2D eigenvalue weighted by Crippen LogP contribution is -2.39. The zero-order valence-corrected chi connectivity index (χ0v) is 19.0. The van der Waals surface area contributed by atoms with E-state index >= 15 is 0 Å². The Kier molecular flexibility index (Phi) is 5.47. The van der Waals surface area contributed by atoms with E-state index in [0.717, 1.165) is 53.8 Å². The predicted molar refractivity (Wildman–Crippen MR) is 120 cm³/mol. The number of sulfonamides is 1. The average molecular weight is 442 g/mol. The van der Waals surface area contributed by atoms with Gasteiger partial charge >= 0.3 is 0 Å². The molecular weight excluding hydrogens is 414 g/mol. The standard InChI is InChI=1S/C22H27N5O3S/c1-14-8-9-18(25-31(4,29)30)17(11-14)22(28)26-10-6-5-7-20(26)19-13-21-23-15(2)12-16(3)27(21)24-19/h8-9,11-13,20,25H,5-7,10H2,1-4H3/t20-/m1/s1. The smallest absolute Gasteiger partial charge is 0.256 e. The number of nitrogens with zero attached hydrogens (tertiary/aromatic N) is 4. The zero-order chi connectivity index (χ0) is 22.3. The topological polar surface area (TPSA) is 96.7 Å². The summed E-state index contributed by atoms with van der Waals surface area (Å²) in [6, 6.07) is 8.90. The van der Waals surface area contributed by atoms with Gasteiger partial charge in [-0.1, -0.05) is 11.6 Å². The molecule has 0 spiro atoms. The number of piperidine rings is 1. The van der Waals surface area contributed by atoms with Crippen LogP contribution in [0.2, 0.25) is 0 Å². The van der Waals surface area contributed by atoms with E-state index in [2.05, 4.69) is 9.71 Å².